The second kappa shape index (κ2) is 6.13. The standard InChI is InChI=1S/C12H13F3O2S/c1-3-17-11(16)8-5-9(12(13,14)15)7-10(6-8)18-4-2/h5-7H,3-4H2,1-2H3. The quantitative estimate of drug-likeness (QED) is 0.615. The van der Waals surface area contributed by atoms with Crippen molar-refractivity contribution >= 4 is 17.7 Å². The van der Waals surface area contributed by atoms with Crippen LogP contribution in [-0.2, 0) is 10.9 Å². The Kier molecular flexibility index (Phi) is 5.07. The highest BCUT2D eigenvalue weighted by Crippen LogP contribution is 2.33. The van der Waals surface area contributed by atoms with Gasteiger partial charge in [-0.3, -0.25) is 0 Å². The second-order valence-electron chi connectivity index (χ2n) is 3.40. The summed E-state index contributed by atoms with van der Waals surface area (Å²) in [6.07, 6.45) is -4.47. The Bertz CT molecular complexity index is 430. The number of carbonyl (C=O) groups excluding carboxylic acids is 1. The zero-order valence-electron chi connectivity index (χ0n) is 10.0. The molecule has 0 atom stereocenters. The number of alkyl halides is 3. The van der Waals surface area contributed by atoms with Crippen LogP contribution >= 0.6 is 11.8 Å². The average Bonchev–Trinajstić information content (AvgIpc) is 2.28. The van der Waals surface area contributed by atoms with Gasteiger partial charge in [-0.15, -0.1) is 11.8 Å². The summed E-state index contributed by atoms with van der Waals surface area (Å²) in [4.78, 5) is 11.9. The van der Waals surface area contributed by atoms with E-state index in [4.69, 9.17) is 4.74 Å². The van der Waals surface area contributed by atoms with E-state index < -0.39 is 17.7 Å². The van der Waals surface area contributed by atoms with Gasteiger partial charge in [0, 0.05) is 4.90 Å². The van der Waals surface area contributed by atoms with Crippen molar-refractivity contribution in [2.24, 2.45) is 0 Å². The summed E-state index contributed by atoms with van der Waals surface area (Å²) in [6, 6.07) is 3.27. The van der Waals surface area contributed by atoms with Gasteiger partial charge in [-0.2, -0.15) is 13.2 Å². The molecule has 100 valence electrons. The molecular formula is C12H13F3O2S. The fourth-order valence-electron chi connectivity index (χ4n) is 1.34. The molecule has 0 unspecified atom stereocenters. The lowest BCUT2D eigenvalue weighted by Gasteiger charge is -2.11. The number of rotatable bonds is 4. The molecule has 0 aliphatic carbocycles. The molecule has 0 aromatic heterocycles. The van der Waals surface area contributed by atoms with Crippen molar-refractivity contribution in [2.75, 3.05) is 12.4 Å². The van der Waals surface area contributed by atoms with Gasteiger partial charge in [0.25, 0.3) is 0 Å². The summed E-state index contributed by atoms with van der Waals surface area (Å²) in [7, 11) is 0. The first-order chi connectivity index (χ1) is 8.38. The van der Waals surface area contributed by atoms with Crippen molar-refractivity contribution in [1.82, 2.24) is 0 Å². The second-order valence-corrected chi connectivity index (χ2v) is 4.73. The van der Waals surface area contributed by atoms with Gasteiger partial charge in [0.2, 0.25) is 0 Å². The number of hydrogen-bond donors (Lipinski definition) is 0. The Morgan fingerprint density at radius 3 is 2.44 bits per heavy atom. The first-order valence-electron chi connectivity index (χ1n) is 5.40. The summed E-state index contributed by atoms with van der Waals surface area (Å²) in [5.41, 5.74) is -0.897. The van der Waals surface area contributed by atoms with Crippen molar-refractivity contribution in [3.63, 3.8) is 0 Å². The van der Waals surface area contributed by atoms with Gasteiger partial charge in [-0.25, -0.2) is 4.79 Å². The summed E-state index contributed by atoms with van der Waals surface area (Å²) < 4.78 is 42.7. The first-order valence-corrected chi connectivity index (χ1v) is 6.39. The first kappa shape index (κ1) is 14.9. The van der Waals surface area contributed by atoms with Crippen LogP contribution in [0.4, 0.5) is 13.2 Å². The van der Waals surface area contributed by atoms with Gasteiger partial charge >= 0.3 is 12.1 Å². The predicted molar refractivity (Wildman–Crippen MR) is 63.8 cm³/mol. The maximum atomic E-state index is 12.7. The van der Waals surface area contributed by atoms with Crippen LogP contribution < -0.4 is 0 Å². The van der Waals surface area contributed by atoms with Gasteiger partial charge in [-0.1, -0.05) is 6.92 Å². The Morgan fingerprint density at radius 1 is 1.28 bits per heavy atom. The van der Waals surface area contributed by atoms with E-state index in [0.717, 1.165) is 12.1 Å². The Morgan fingerprint density at radius 2 is 1.94 bits per heavy atom. The Balaban J connectivity index is 3.18. The molecule has 0 radical (unpaired) electrons. The van der Waals surface area contributed by atoms with E-state index >= 15 is 0 Å². The fraction of sp³-hybridized carbons (Fsp3) is 0.417. The maximum absolute atomic E-state index is 12.7. The SMILES string of the molecule is CCOC(=O)c1cc(SCC)cc(C(F)(F)F)c1. The molecule has 6 heteroatoms. The molecule has 0 N–H and O–H groups in total. The van der Waals surface area contributed by atoms with E-state index in [-0.39, 0.29) is 12.2 Å². The molecule has 0 saturated carbocycles. The topological polar surface area (TPSA) is 26.3 Å². The van der Waals surface area contributed by atoms with Crippen LogP contribution in [0.5, 0.6) is 0 Å². The van der Waals surface area contributed by atoms with Crippen LogP contribution in [-0.4, -0.2) is 18.3 Å². The molecule has 0 saturated heterocycles. The molecule has 0 amide bonds. The van der Waals surface area contributed by atoms with Gasteiger partial charge in [0.05, 0.1) is 17.7 Å². The molecule has 18 heavy (non-hydrogen) atoms. The molecule has 0 bridgehead atoms. The van der Waals surface area contributed by atoms with Crippen LogP contribution in [0, 0.1) is 0 Å². The van der Waals surface area contributed by atoms with Crippen LogP contribution in [0.15, 0.2) is 23.1 Å². The van der Waals surface area contributed by atoms with Gasteiger partial charge in [0.1, 0.15) is 0 Å². The number of benzene rings is 1. The van der Waals surface area contributed by atoms with Crippen molar-refractivity contribution < 1.29 is 22.7 Å². The summed E-state index contributed by atoms with van der Waals surface area (Å²) in [5, 5.41) is 0. The van der Waals surface area contributed by atoms with Crippen molar-refractivity contribution in [1.29, 1.82) is 0 Å². The number of esters is 1. The number of hydrogen-bond acceptors (Lipinski definition) is 3. The normalized spacial score (nSPS) is 11.4. The van der Waals surface area contributed by atoms with E-state index in [0.29, 0.717) is 10.6 Å². The minimum atomic E-state index is -4.47. The molecule has 0 fully saturated rings. The number of ether oxygens (including phenoxy) is 1. The molecule has 1 aromatic carbocycles. The van der Waals surface area contributed by atoms with E-state index in [9.17, 15) is 18.0 Å². The van der Waals surface area contributed by atoms with Gasteiger partial charge in [0.15, 0.2) is 0 Å². The van der Waals surface area contributed by atoms with Gasteiger partial charge < -0.3 is 4.74 Å². The molecule has 0 heterocycles. The van der Waals surface area contributed by atoms with Crippen LogP contribution in [0.25, 0.3) is 0 Å². The van der Waals surface area contributed by atoms with E-state index in [1.807, 2.05) is 6.92 Å². The minimum absolute atomic E-state index is 0.0670. The molecule has 1 rings (SSSR count). The third-order valence-electron chi connectivity index (χ3n) is 2.06. The summed E-state index contributed by atoms with van der Waals surface area (Å²) in [6.45, 7) is 3.56. The third kappa shape index (κ3) is 3.94. The molecule has 2 nitrogen and oxygen atoms in total. The fourth-order valence-corrected chi connectivity index (χ4v) is 2.10. The van der Waals surface area contributed by atoms with E-state index in [1.54, 1.807) is 6.92 Å². The number of thioether (sulfide) groups is 1. The lowest BCUT2D eigenvalue weighted by atomic mass is 10.1. The lowest BCUT2D eigenvalue weighted by Crippen LogP contribution is -2.10. The van der Waals surface area contributed by atoms with Crippen LogP contribution in [0.3, 0.4) is 0 Å². The van der Waals surface area contributed by atoms with Gasteiger partial charge in [-0.05, 0) is 30.9 Å². The van der Waals surface area contributed by atoms with E-state index in [2.05, 4.69) is 0 Å². The largest absolute Gasteiger partial charge is 0.462 e. The van der Waals surface area contributed by atoms with Crippen molar-refractivity contribution in [3.05, 3.63) is 29.3 Å². The molecule has 0 spiro atoms. The molecule has 0 aliphatic heterocycles. The van der Waals surface area contributed by atoms with Crippen LogP contribution in [0.2, 0.25) is 0 Å². The van der Waals surface area contributed by atoms with Crippen molar-refractivity contribution in [3.8, 4) is 0 Å². The molecular weight excluding hydrogens is 265 g/mol. The average molecular weight is 278 g/mol. The summed E-state index contributed by atoms with van der Waals surface area (Å²) >= 11 is 1.25. The smallest absolute Gasteiger partial charge is 0.416 e. The highest BCUT2D eigenvalue weighted by molar-refractivity contribution is 7.99. The number of carbonyl (C=O) groups is 1. The molecule has 1 aromatic rings. The highest BCUT2D eigenvalue weighted by Gasteiger charge is 2.32. The Hall–Kier alpha value is -1.17. The molecule has 0 aliphatic rings. The maximum Gasteiger partial charge on any atom is 0.416 e. The van der Waals surface area contributed by atoms with E-state index in [1.165, 1.54) is 17.8 Å². The van der Waals surface area contributed by atoms with Crippen molar-refractivity contribution in [2.45, 2.75) is 24.9 Å². The third-order valence-corrected chi connectivity index (χ3v) is 2.91. The lowest BCUT2D eigenvalue weighted by molar-refractivity contribution is -0.137. The predicted octanol–water partition coefficient (Wildman–Crippen LogP) is 3.99. The highest BCUT2D eigenvalue weighted by atomic mass is 32.2. The monoisotopic (exact) mass is 278 g/mol. The summed E-state index contributed by atoms with van der Waals surface area (Å²) in [5.74, 6) is -0.106. The zero-order chi connectivity index (χ0) is 13.8. The van der Waals surface area contributed by atoms with Crippen LogP contribution in [0.1, 0.15) is 29.8 Å². The zero-order valence-corrected chi connectivity index (χ0v) is 10.8. The Labute approximate surface area is 108 Å². The number of halogens is 3. The minimum Gasteiger partial charge on any atom is -0.462 e.